The molecule has 4 heterocycles. The Morgan fingerprint density at radius 2 is 1.88 bits per heavy atom. The fourth-order valence-corrected chi connectivity index (χ4v) is 3.79. The average Bonchev–Trinajstić information content (AvgIpc) is 3.37. The average molecular weight is 337 g/mol. The van der Waals surface area contributed by atoms with Crippen molar-refractivity contribution in [1.29, 1.82) is 0 Å². The molecule has 0 amide bonds. The van der Waals surface area contributed by atoms with Gasteiger partial charge in [-0.25, -0.2) is 15.0 Å². The summed E-state index contributed by atoms with van der Waals surface area (Å²) in [6, 6.07) is 8.46. The normalized spacial score (nSPS) is 22.7. The first kappa shape index (κ1) is 14.8. The molecule has 1 aromatic carbocycles. The van der Waals surface area contributed by atoms with Gasteiger partial charge in [-0.1, -0.05) is 24.3 Å². The quantitative estimate of drug-likeness (QED) is 0.788. The molecule has 0 aliphatic carbocycles. The van der Waals surface area contributed by atoms with Gasteiger partial charge in [-0.2, -0.15) is 0 Å². The maximum absolute atomic E-state index is 9.29. The lowest BCUT2D eigenvalue weighted by molar-refractivity contribution is -0.0207. The van der Waals surface area contributed by atoms with E-state index in [1.807, 2.05) is 4.57 Å². The molecule has 0 spiro atoms. The Bertz CT molecular complexity index is 900. The lowest BCUT2D eigenvalue weighted by Crippen LogP contribution is -2.17. The molecule has 2 aliphatic heterocycles. The molecule has 2 aromatic heterocycles. The van der Waals surface area contributed by atoms with Crippen molar-refractivity contribution in [1.82, 2.24) is 19.5 Å². The molecule has 3 aromatic rings. The van der Waals surface area contributed by atoms with Crippen molar-refractivity contribution in [2.45, 2.75) is 38.3 Å². The number of imidazole rings is 1. The van der Waals surface area contributed by atoms with Crippen molar-refractivity contribution in [2.24, 2.45) is 0 Å². The summed E-state index contributed by atoms with van der Waals surface area (Å²) in [6.07, 6.45) is 4.84. The van der Waals surface area contributed by atoms with Gasteiger partial charge < -0.3 is 14.7 Å². The number of fused-ring (bicyclic) bond motifs is 2. The molecule has 0 bridgehead atoms. The second-order valence-electron chi connectivity index (χ2n) is 6.62. The number of rotatable bonds is 3. The molecule has 7 nitrogen and oxygen atoms in total. The van der Waals surface area contributed by atoms with Crippen LogP contribution in [0.5, 0.6) is 0 Å². The van der Waals surface area contributed by atoms with Crippen LogP contribution in [0.4, 0.5) is 5.82 Å². The Balaban J connectivity index is 1.50. The van der Waals surface area contributed by atoms with Gasteiger partial charge in [-0.05, 0) is 24.0 Å². The SMILES string of the molecule is OCC1CCC(n2cnc3c(N4Cc5ccccc5C4)ncnc32)O1. The van der Waals surface area contributed by atoms with Gasteiger partial charge in [0.1, 0.15) is 12.6 Å². The summed E-state index contributed by atoms with van der Waals surface area (Å²) in [5, 5.41) is 9.29. The zero-order chi connectivity index (χ0) is 16.8. The summed E-state index contributed by atoms with van der Waals surface area (Å²) >= 11 is 0. The molecule has 2 unspecified atom stereocenters. The van der Waals surface area contributed by atoms with Gasteiger partial charge in [-0.15, -0.1) is 0 Å². The maximum Gasteiger partial charge on any atom is 0.167 e. The Labute approximate surface area is 144 Å². The van der Waals surface area contributed by atoms with Crippen LogP contribution >= 0.6 is 0 Å². The Kier molecular flexibility index (Phi) is 3.43. The van der Waals surface area contributed by atoms with Gasteiger partial charge in [0.25, 0.3) is 0 Å². The van der Waals surface area contributed by atoms with Gasteiger partial charge >= 0.3 is 0 Å². The molecule has 128 valence electrons. The molecule has 25 heavy (non-hydrogen) atoms. The van der Waals surface area contributed by atoms with E-state index in [0.717, 1.165) is 42.9 Å². The number of hydrogen-bond acceptors (Lipinski definition) is 6. The van der Waals surface area contributed by atoms with Crippen molar-refractivity contribution in [3.63, 3.8) is 0 Å². The summed E-state index contributed by atoms with van der Waals surface area (Å²) in [5.74, 6) is 0.858. The smallest absolute Gasteiger partial charge is 0.167 e. The Hall–Kier alpha value is -2.51. The first-order valence-electron chi connectivity index (χ1n) is 8.59. The lowest BCUT2D eigenvalue weighted by Gasteiger charge is -2.17. The van der Waals surface area contributed by atoms with E-state index in [1.165, 1.54) is 11.1 Å². The van der Waals surface area contributed by atoms with Crippen LogP contribution in [0.25, 0.3) is 11.2 Å². The first-order valence-corrected chi connectivity index (χ1v) is 8.59. The number of aliphatic hydroxyl groups excluding tert-OH is 1. The minimum atomic E-state index is -0.124. The number of hydrogen-bond donors (Lipinski definition) is 1. The molecule has 0 radical (unpaired) electrons. The highest BCUT2D eigenvalue weighted by Gasteiger charge is 2.29. The van der Waals surface area contributed by atoms with E-state index in [9.17, 15) is 5.11 Å². The van der Waals surface area contributed by atoms with E-state index < -0.39 is 0 Å². The van der Waals surface area contributed by atoms with Gasteiger partial charge in [-0.3, -0.25) is 4.57 Å². The molecule has 5 rings (SSSR count). The van der Waals surface area contributed by atoms with Crippen LogP contribution < -0.4 is 4.90 Å². The zero-order valence-electron chi connectivity index (χ0n) is 13.7. The molecule has 1 fully saturated rings. The lowest BCUT2D eigenvalue weighted by atomic mass is 10.1. The fraction of sp³-hybridized carbons (Fsp3) is 0.389. The van der Waals surface area contributed by atoms with Crippen LogP contribution in [0.1, 0.15) is 30.2 Å². The molecule has 7 heteroatoms. The van der Waals surface area contributed by atoms with Crippen molar-refractivity contribution >= 4 is 17.0 Å². The third-order valence-electron chi connectivity index (χ3n) is 5.08. The van der Waals surface area contributed by atoms with Crippen LogP contribution in [-0.2, 0) is 17.8 Å². The highest BCUT2D eigenvalue weighted by Crippen LogP contribution is 2.34. The second kappa shape index (κ2) is 5.79. The summed E-state index contributed by atoms with van der Waals surface area (Å²) in [5.41, 5.74) is 4.24. The van der Waals surface area contributed by atoms with Crippen molar-refractivity contribution in [2.75, 3.05) is 11.5 Å². The second-order valence-corrected chi connectivity index (χ2v) is 6.62. The number of anilines is 1. The monoisotopic (exact) mass is 337 g/mol. The molecular formula is C18H19N5O2. The van der Waals surface area contributed by atoms with E-state index in [1.54, 1.807) is 12.7 Å². The summed E-state index contributed by atoms with van der Waals surface area (Å²) in [6.45, 7) is 1.72. The predicted octanol–water partition coefficient (Wildman–Crippen LogP) is 2.02. The van der Waals surface area contributed by atoms with Crippen LogP contribution in [0.2, 0.25) is 0 Å². The number of benzene rings is 1. The van der Waals surface area contributed by atoms with Gasteiger partial charge in [0.2, 0.25) is 0 Å². The van der Waals surface area contributed by atoms with Crippen LogP contribution in [0, 0.1) is 0 Å². The molecule has 1 saturated heterocycles. The highest BCUT2D eigenvalue weighted by atomic mass is 16.5. The van der Waals surface area contributed by atoms with Gasteiger partial charge in [0.05, 0.1) is 19.0 Å². The van der Waals surface area contributed by atoms with E-state index >= 15 is 0 Å². The van der Waals surface area contributed by atoms with E-state index in [-0.39, 0.29) is 18.9 Å². The topological polar surface area (TPSA) is 76.3 Å². The first-order chi connectivity index (χ1) is 12.3. The fourth-order valence-electron chi connectivity index (χ4n) is 3.79. The molecule has 2 aliphatic rings. The number of nitrogens with zero attached hydrogens (tertiary/aromatic N) is 5. The Morgan fingerprint density at radius 3 is 2.60 bits per heavy atom. The minimum Gasteiger partial charge on any atom is -0.394 e. The van der Waals surface area contributed by atoms with Gasteiger partial charge in [0, 0.05) is 13.1 Å². The molecular weight excluding hydrogens is 318 g/mol. The Morgan fingerprint density at radius 1 is 1.08 bits per heavy atom. The molecule has 0 saturated carbocycles. The third-order valence-corrected chi connectivity index (χ3v) is 5.08. The van der Waals surface area contributed by atoms with Gasteiger partial charge in [0.15, 0.2) is 17.0 Å². The van der Waals surface area contributed by atoms with Crippen molar-refractivity contribution in [3.05, 3.63) is 48.0 Å². The summed E-state index contributed by atoms with van der Waals surface area (Å²) in [7, 11) is 0. The number of ether oxygens (including phenoxy) is 1. The van der Waals surface area contributed by atoms with Crippen LogP contribution in [-0.4, -0.2) is 37.3 Å². The standard InChI is InChI=1S/C18H19N5O2/c24-9-14-5-6-15(25-14)23-11-21-16-17(19-10-20-18(16)23)22-7-12-3-1-2-4-13(12)8-22/h1-4,10-11,14-15,24H,5-9H2. The van der Waals surface area contributed by atoms with Crippen molar-refractivity contribution < 1.29 is 9.84 Å². The molecule has 2 atom stereocenters. The summed E-state index contributed by atoms with van der Waals surface area (Å²) < 4.78 is 7.84. The largest absolute Gasteiger partial charge is 0.394 e. The summed E-state index contributed by atoms with van der Waals surface area (Å²) in [4.78, 5) is 15.7. The van der Waals surface area contributed by atoms with E-state index in [0.29, 0.717) is 0 Å². The number of aromatic nitrogens is 4. The predicted molar refractivity (Wildman–Crippen MR) is 91.9 cm³/mol. The van der Waals surface area contributed by atoms with Crippen molar-refractivity contribution in [3.8, 4) is 0 Å². The zero-order valence-corrected chi connectivity index (χ0v) is 13.7. The number of aliphatic hydroxyl groups is 1. The maximum atomic E-state index is 9.29. The third kappa shape index (κ3) is 2.39. The molecule has 1 N–H and O–H groups in total. The highest BCUT2D eigenvalue weighted by molar-refractivity contribution is 5.83. The minimum absolute atomic E-state index is 0.0510. The van der Waals surface area contributed by atoms with Crippen LogP contribution in [0.15, 0.2) is 36.9 Å². The van der Waals surface area contributed by atoms with E-state index in [2.05, 4.69) is 44.1 Å². The van der Waals surface area contributed by atoms with Crippen LogP contribution in [0.3, 0.4) is 0 Å². The van der Waals surface area contributed by atoms with E-state index in [4.69, 9.17) is 4.74 Å².